The Bertz CT molecular complexity index is 625. The molecule has 0 saturated heterocycles. The van der Waals surface area contributed by atoms with E-state index in [4.69, 9.17) is 0 Å². The monoisotopic (exact) mass is 314 g/mol. The average molecular weight is 314 g/mol. The van der Waals surface area contributed by atoms with E-state index in [1.54, 1.807) is 0 Å². The molecule has 23 heavy (non-hydrogen) atoms. The second kappa shape index (κ2) is 4.62. The van der Waals surface area contributed by atoms with Crippen LogP contribution in [-0.2, 0) is 12.8 Å². The summed E-state index contributed by atoms with van der Waals surface area (Å²) < 4.78 is 0. The fourth-order valence-corrected chi connectivity index (χ4v) is 7.44. The molecule has 3 fully saturated rings. The number of nitrogens with zero attached hydrogens (tertiary/aromatic N) is 1. The zero-order chi connectivity index (χ0) is 15.8. The van der Waals surface area contributed by atoms with Crippen LogP contribution in [0.1, 0.15) is 63.6 Å². The second-order valence-corrected chi connectivity index (χ2v) is 9.55. The molecule has 2 N–H and O–H groups in total. The molecule has 7 atom stereocenters. The Balaban J connectivity index is 1.50. The Morgan fingerprint density at radius 2 is 1.91 bits per heavy atom. The normalized spacial score (nSPS) is 51.5. The van der Waals surface area contributed by atoms with Crippen LogP contribution in [0.3, 0.4) is 0 Å². The highest BCUT2D eigenvalue weighted by Crippen LogP contribution is 2.65. The molecule has 1 aromatic rings. The zero-order valence-electron chi connectivity index (χ0n) is 14.5. The van der Waals surface area contributed by atoms with Gasteiger partial charge in [-0.15, -0.1) is 0 Å². The number of aromatic amines is 1. The largest absolute Gasteiger partial charge is 0.393 e. The fraction of sp³-hybridized carbons (Fsp3) is 0.850. The molecule has 0 radical (unpaired) electrons. The van der Waals surface area contributed by atoms with Gasteiger partial charge in [-0.2, -0.15) is 5.10 Å². The lowest BCUT2D eigenvalue weighted by atomic mass is 9.45. The highest BCUT2D eigenvalue weighted by molar-refractivity contribution is 5.25. The lowest BCUT2D eigenvalue weighted by molar-refractivity contribution is -0.111. The van der Waals surface area contributed by atoms with Gasteiger partial charge < -0.3 is 5.11 Å². The quantitative estimate of drug-likeness (QED) is 0.766. The lowest BCUT2D eigenvalue weighted by Crippen LogP contribution is -2.54. The summed E-state index contributed by atoms with van der Waals surface area (Å²) in [4.78, 5) is 0. The molecule has 0 amide bonds. The molecule has 3 nitrogen and oxygen atoms in total. The van der Waals surface area contributed by atoms with Crippen LogP contribution in [0.2, 0.25) is 0 Å². The SMILES string of the molecule is C[C@]12Cc3cn[nH]c3C[C@H]1CC[C@H]1[C@H]2CC[C@@]2(C)[C@@H]1CC[C@@H]2O. The van der Waals surface area contributed by atoms with E-state index in [2.05, 4.69) is 30.2 Å². The standard InChI is InChI=1S/C20H30N2O/c1-19-8-7-16-14(15(19)5-6-18(19)23)4-3-13-9-17-12(11-21-22-17)10-20(13,16)2/h11,13-16,18,23H,3-10H2,1-2H3,(H,21,22)/t13-,14-,15-,16-,18+,19+,20+/m1/s1. The highest BCUT2D eigenvalue weighted by atomic mass is 16.3. The maximum absolute atomic E-state index is 10.6. The molecule has 1 aromatic heterocycles. The maximum atomic E-state index is 10.6. The molecule has 3 heteroatoms. The molecule has 126 valence electrons. The third kappa shape index (κ3) is 1.78. The molecule has 0 spiro atoms. The highest BCUT2D eigenvalue weighted by Gasteiger charge is 2.60. The van der Waals surface area contributed by atoms with Crippen molar-refractivity contribution in [2.75, 3.05) is 0 Å². The van der Waals surface area contributed by atoms with Crippen molar-refractivity contribution >= 4 is 0 Å². The number of hydrogen-bond acceptors (Lipinski definition) is 2. The van der Waals surface area contributed by atoms with Gasteiger partial charge in [0.25, 0.3) is 0 Å². The van der Waals surface area contributed by atoms with E-state index < -0.39 is 0 Å². The fourth-order valence-electron chi connectivity index (χ4n) is 7.44. The molecule has 0 bridgehead atoms. The third-order valence-electron chi connectivity index (χ3n) is 8.84. The Morgan fingerprint density at radius 3 is 2.78 bits per heavy atom. The van der Waals surface area contributed by atoms with E-state index in [-0.39, 0.29) is 11.5 Å². The summed E-state index contributed by atoms with van der Waals surface area (Å²) in [7, 11) is 0. The molecule has 1 heterocycles. The van der Waals surface area contributed by atoms with Crippen LogP contribution in [0.5, 0.6) is 0 Å². The summed E-state index contributed by atoms with van der Waals surface area (Å²) in [5, 5.41) is 18.1. The minimum absolute atomic E-state index is 0.0502. The number of fused-ring (bicyclic) bond motifs is 6. The van der Waals surface area contributed by atoms with Gasteiger partial charge in [0.2, 0.25) is 0 Å². The van der Waals surface area contributed by atoms with Gasteiger partial charge in [0.1, 0.15) is 0 Å². The first-order chi connectivity index (χ1) is 11.0. The van der Waals surface area contributed by atoms with Gasteiger partial charge in [-0.05, 0) is 91.4 Å². The van der Waals surface area contributed by atoms with Gasteiger partial charge in [-0.3, -0.25) is 5.10 Å². The summed E-state index contributed by atoms with van der Waals surface area (Å²) in [6, 6.07) is 0. The number of rotatable bonds is 0. The predicted molar refractivity (Wildman–Crippen MR) is 89.9 cm³/mol. The van der Waals surface area contributed by atoms with Crippen LogP contribution < -0.4 is 0 Å². The topological polar surface area (TPSA) is 48.9 Å². The summed E-state index contributed by atoms with van der Waals surface area (Å²) in [5.41, 5.74) is 3.54. The van der Waals surface area contributed by atoms with Crippen molar-refractivity contribution in [1.29, 1.82) is 0 Å². The van der Waals surface area contributed by atoms with Crippen molar-refractivity contribution in [1.82, 2.24) is 10.2 Å². The third-order valence-corrected chi connectivity index (χ3v) is 8.84. The first-order valence-electron chi connectivity index (χ1n) is 9.71. The minimum atomic E-state index is -0.0502. The number of nitrogens with one attached hydrogen (secondary N) is 1. The number of aliphatic hydroxyl groups is 1. The summed E-state index contributed by atoms with van der Waals surface area (Å²) in [6.45, 7) is 4.97. The van der Waals surface area contributed by atoms with Crippen molar-refractivity contribution in [2.45, 2.75) is 71.3 Å². The molecule has 5 rings (SSSR count). The van der Waals surface area contributed by atoms with Gasteiger partial charge in [-0.1, -0.05) is 13.8 Å². The molecule has 0 unspecified atom stereocenters. The van der Waals surface area contributed by atoms with E-state index >= 15 is 0 Å². The van der Waals surface area contributed by atoms with Crippen molar-refractivity contribution in [2.24, 2.45) is 34.5 Å². The van der Waals surface area contributed by atoms with E-state index in [1.165, 1.54) is 56.2 Å². The first kappa shape index (κ1) is 14.5. The van der Waals surface area contributed by atoms with Gasteiger partial charge in [-0.25, -0.2) is 0 Å². The van der Waals surface area contributed by atoms with E-state index in [0.29, 0.717) is 5.41 Å². The summed E-state index contributed by atoms with van der Waals surface area (Å²) >= 11 is 0. The lowest BCUT2D eigenvalue weighted by Gasteiger charge is -2.60. The molecule has 4 aliphatic rings. The van der Waals surface area contributed by atoms with Crippen molar-refractivity contribution in [3.05, 3.63) is 17.5 Å². The zero-order valence-corrected chi connectivity index (χ0v) is 14.5. The molecule has 4 aliphatic carbocycles. The van der Waals surface area contributed by atoms with E-state index in [1.807, 2.05) is 0 Å². The van der Waals surface area contributed by atoms with Crippen LogP contribution in [0.25, 0.3) is 0 Å². The van der Waals surface area contributed by atoms with Crippen LogP contribution in [-0.4, -0.2) is 21.4 Å². The Kier molecular flexibility index (Phi) is 2.92. The van der Waals surface area contributed by atoms with Gasteiger partial charge in [0, 0.05) is 5.69 Å². The minimum Gasteiger partial charge on any atom is -0.393 e. The summed E-state index contributed by atoms with van der Waals surface area (Å²) in [5.74, 6) is 3.29. The van der Waals surface area contributed by atoms with Crippen molar-refractivity contribution in [3.63, 3.8) is 0 Å². The van der Waals surface area contributed by atoms with Crippen LogP contribution in [0, 0.1) is 34.5 Å². The number of aromatic nitrogens is 2. The Hall–Kier alpha value is -0.830. The van der Waals surface area contributed by atoms with Crippen molar-refractivity contribution < 1.29 is 5.11 Å². The van der Waals surface area contributed by atoms with Gasteiger partial charge in [0.05, 0.1) is 12.3 Å². The van der Waals surface area contributed by atoms with Crippen LogP contribution in [0.15, 0.2) is 6.20 Å². The Morgan fingerprint density at radius 1 is 1.09 bits per heavy atom. The molecular weight excluding hydrogens is 284 g/mol. The predicted octanol–water partition coefficient (Wildman–Crippen LogP) is 3.73. The maximum Gasteiger partial charge on any atom is 0.0596 e. The molecule has 0 aliphatic heterocycles. The Labute approximate surface area is 139 Å². The van der Waals surface area contributed by atoms with Crippen molar-refractivity contribution in [3.8, 4) is 0 Å². The van der Waals surface area contributed by atoms with Crippen LogP contribution >= 0.6 is 0 Å². The van der Waals surface area contributed by atoms with Crippen LogP contribution in [0.4, 0.5) is 0 Å². The van der Waals surface area contributed by atoms with Gasteiger partial charge in [0.15, 0.2) is 0 Å². The number of hydrogen-bond donors (Lipinski definition) is 2. The number of H-pyrrole nitrogens is 1. The molecular formula is C20H30N2O. The first-order valence-corrected chi connectivity index (χ1v) is 9.71. The van der Waals surface area contributed by atoms with E-state index in [9.17, 15) is 5.11 Å². The second-order valence-electron chi connectivity index (χ2n) is 9.55. The molecule has 0 aromatic carbocycles. The smallest absolute Gasteiger partial charge is 0.0596 e. The van der Waals surface area contributed by atoms with E-state index in [0.717, 1.165) is 30.1 Å². The van der Waals surface area contributed by atoms with Gasteiger partial charge >= 0.3 is 0 Å². The molecule has 3 saturated carbocycles. The summed E-state index contributed by atoms with van der Waals surface area (Å²) in [6.07, 6.45) is 12.1. The average Bonchev–Trinajstić information content (AvgIpc) is 3.08. The number of aliphatic hydroxyl groups excluding tert-OH is 1.